The molecule has 12 heavy (non-hydrogen) atoms. The van der Waals surface area contributed by atoms with Crippen LogP contribution in [0.5, 0.6) is 11.5 Å². The molecule has 1 aliphatic heterocycles. The molecule has 0 saturated heterocycles. The summed E-state index contributed by atoms with van der Waals surface area (Å²) in [4.78, 5) is 0. The molecule has 3 heteroatoms. The Kier molecular flexibility index (Phi) is 3.41. The number of hydrogen-bond acceptors (Lipinski definition) is 3. The number of ether oxygens (including phenoxy) is 2. The van der Waals surface area contributed by atoms with Gasteiger partial charge in [-0.25, -0.2) is 0 Å². The molecule has 1 heterocycles. The molecule has 1 aromatic rings. The van der Waals surface area contributed by atoms with Crippen LogP contribution < -0.4 is 15.2 Å². The van der Waals surface area contributed by atoms with Crippen molar-refractivity contribution in [3.8, 4) is 11.5 Å². The Bertz CT molecular complexity index is 215. The van der Waals surface area contributed by atoms with Gasteiger partial charge in [0.1, 0.15) is 0 Å². The highest BCUT2D eigenvalue weighted by molar-refractivity contribution is 5.40. The summed E-state index contributed by atoms with van der Waals surface area (Å²) < 4.78 is 10.2. The van der Waals surface area contributed by atoms with Crippen molar-refractivity contribution in [3.05, 3.63) is 24.3 Å². The Morgan fingerprint density at radius 1 is 1.25 bits per heavy atom. The molecule has 0 amide bonds. The van der Waals surface area contributed by atoms with Gasteiger partial charge in [-0.1, -0.05) is 19.1 Å². The fourth-order valence-electron chi connectivity index (χ4n) is 0.845. The third-order valence-electron chi connectivity index (χ3n) is 1.28. The van der Waals surface area contributed by atoms with E-state index in [4.69, 9.17) is 15.2 Å². The van der Waals surface area contributed by atoms with E-state index in [1.54, 1.807) is 0 Å². The monoisotopic (exact) mass is 167 g/mol. The van der Waals surface area contributed by atoms with Gasteiger partial charge in [0.25, 0.3) is 0 Å². The molecule has 0 aromatic heterocycles. The lowest BCUT2D eigenvalue weighted by Gasteiger charge is -1.89. The average molecular weight is 167 g/mol. The van der Waals surface area contributed by atoms with Crippen molar-refractivity contribution in [1.82, 2.24) is 0 Å². The van der Waals surface area contributed by atoms with E-state index < -0.39 is 0 Å². The zero-order chi connectivity index (χ0) is 8.81. The van der Waals surface area contributed by atoms with Crippen LogP contribution in [0, 0.1) is 0 Å². The summed E-state index contributed by atoms with van der Waals surface area (Å²) >= 11 is 0. The van der Waals surface area contributed by atoms with E-state index in [0.717, 1.165) is 18.0 Å². The van der Waals surface area contributed by atoms with Crippen LogP contribution >= 0.6 is 0 Å². The summed E-state index contributed by atoms with van der Waals surface area (Å²) in [5.74, 6) is 1.69. The Morgan fingerprint density at radius 3 is 2.08 bits per heavy atom. The molecule has 0 aliphatic carbocycles. The summed E-state index contributed by atoms with van der Waals surface area (Å²) in [6, 6.07) is 7.63. The van der Waals surface area contributed by atoms with Crippen LogP contribution in [0.2, 0.25) is 0 Å². The molecule has 0 unspecified atom stereocenters. The predicted molar refractivity (Wildman–Crippen MR) is 47.3 cm³/mol. The fourth-order valence-corrected chi connectivity index (χ4v) is 0.845. The van der Waals surface area contributed by atoms with Crippen molar-refractivity contribution in [2.45, 2.75) is 6.92 Å². The molecule has 2 N–H and O–H groups in total. The van der Waals surface area contributed by atoms with E-state index in [1.165, 1.54) is 0 Å². The summed E-state index contributed by atoms with van der Waals surface area (Å²) in [5, 5.41) is 0. The molecule has 3 nitrogen and oxygen atoms in total. The van der Waals surface area contributed by atoms with Crippen LogP contribution in [-0.4, -0.2) is 13.3 Å². The zero-order valence-electron chi connectivity index (χ0n) is 7.12. The maximum atomic E-state index is 5.08. The summed E-state index contributed by atoms with van der Waals surface area (Å²) in [7, 11) is 0. The van der Waals surface area contributed by atoms with Crippen molar-refractivity contribution in [3.63, 3.8) is 0 Å². The van der Waals surface area contributed by atoms with Gasteiger partial charge in [-0.3, -0.25) is 0 Å². The number of hydrogen-bond donors (Lipinski definition) is 1. The highest BCUT2D eigenvalue weighted by Gasteiger charge is 2.09. The highest BCUT2D eigenvalue weighted by atomic mass is 16.7. The zero-order valence-corrected chi connectivity index (χ0v) is 7.12. The highest BCUT2D eigenvalue weighted by Crippen LogP contribution is 2.30. The lowest BCUT2D eigenvalue weighted by molar-refractivity contribution is 0.174. The molecule has 0 bridgehead atoms. The van der Waals surface area contributed by atoms with Crippen molar-refractivity contribution in [1.29, 1.82) is 0 Å². The van der Waals surface area contributed by atoms with Crippen LogP contribution in [0.15, 0.2) is 24.3 Å². The summed E-state index contributed by atoms with van der Waals surface area (Å²) in [6.45, 7) is 3.01. The van der Waals surface area contributed by atoms with Gasteiger partial charge in [-0.15, -0.1) is 0 Å². The van der Waals surface area contributed by atoms with E-state index in [1.807, 2.05) is 31.2 Å². The molecule has 2 rings (SSSR count). The van der Waals surface area contributed by atoms with E-state index in [0.29, 0.717) is 6.79 Å². The normalized spacial score (nSPS) is 11.8. The molecule has 1 aromatic carbocycles. The second-order valence-corrected chi connectivity index (χ2v) is 2.26. The van der Waals surface area contributed by atoms with Gasteiger partial charge in [0, 0.05) is 0 Å². The van der Waals surface area contributed by atoms with E-state index in [9.17, 15) is 0 Å². The third kappa shape index (κ3) is 2.13. The van der Waals surface area contributed by atoms with Crippen LogP contribution in [0.4, 0.5) is 0 Å². The molecule has 0 saturated carbocycles. The summed E-state index contributed by atoms with van der Waals surface area (Å²) in [6.07, 6.45) is 0. The smallest absolute Gasteiger partial charge is 0.231 e. The largest absolute Gasteiger partial charge is 0.454 e. The van der Waals surface area contributed by atoms with Crippen LogP contribution in [-0.2, 0) is 0 Å². The SMILES string of the molecule is CCN.c1ccc2c(c1)OCO2. The maximum absolute atomic E-state index is 5.08. The van der Waals surface area contributed by atoms with Crippen molar-refractivity contribution >= 4 is 0 Å². The standard InChI is InChI=1S/C7H6O2.C2H7N/c1-2-4-7-6(3-1)8-5-9-7;1-2-3/h1-4H,5H2;2-3H2,1H3. The Hall–Kier alpha value is -1.22. The molecule has 0 spiro atoms. The Labute approximate surface area is 72.1 Å². The number of fused-ring (bicyclic) bond motifs is 1. The third-order valence-corrected chi connectivity index (χ3v) is 1.28. The second-order valence-electron chi connectivity index (χ2n) is 2.26. The fraction of sp³-hybridized carbons (Fsp3) is 0.333. The first-order chi connectivity index (χ1) is 5.88. The maximum Gasteiger partial charge on any atom is 0.231 e. The van der Waals surface area contributed by atoms with Gasteiger partial charge in [0.05, 0.1) is 0 Å². The lowest BCUT2D eigenvalue weighted by atomic mass is 10.3. The van der Waals surface area contributed by atoms with Gasteiger partial charge in [0.15, 0.2) is 11.5 Å². The van der Waals surface area contributed by atoms with Gasteiger partial charge in [-0.05, 0) is 18.7 Å². The Morgan fingerprint density at radius 2 is 1.67 bits per heavy atom. The van der Waals surface area contributed by atoms with Crippen LogP contribution in [0.1, 0.15) is 6.92 Å². The van der Waals surface area contributed by atoms with Crippen molar-refractivity contribution in [2.24, 2.45) is 5.73 Å². The molecule has 1 aliphatic rings. The van der Waals surface area contributed by atoms with Crippen LogP contribution in [0.25, 0.3) is 0 Å². The molecule has 0 atom stereocenters. The van der Waals surface area contributed by atoms with E-state index >= 15 is 0 Å². The van der Waals surface area contributed by atoms with Gasteiger partial charge < -0.3 is 15.2 Å². The molecular weight excluding hydrogens is 154 g/mol. The quantitative estimate of drug-likeness (QED) is 0.634. The minimum atomic E-state index is 0.360. The molecule has 0 fully saturated rings. The van der Waals surface area contributed by atoms with Crippen molar-refractivity contribution < 1.29 is 9.47 Å². The van der Waals surface area contributed by atoms with E-state index in [2.05, 4.69) is 0 Å². The molecule has 66 valence electrons. The number of para-hydroxylation sites is 2. The number of rotatable bonds is 0. The van der Waals surface area contributed by atoms with Gasteiger partial charge in [-0.2, -0.15) is 0 Å². The minimum Gasteiger partial charge on any atom is -0.454 e. The van der Waals surface area contributed by atoms with Crippen LogP contribution in [0.3, 0.4) is 0 Å². The molecular formula is C9H13NO2. The topological polar surface area (TPSA) is 44.5 Å². The first kappa shape index (κ1) is 8.87. The first-order valence-corrected chi connectivity index (χ1v) is 3.93. The minimum absolute atomic E-state index is 0.360. The average Bonchev–Trinajstić information content (AvgIpc) is 2.52. The lowest BCUT2D eigenvalue weighted by Crippen LogP contribution is -1.92. The number of nitrogens with two attached hydrogens (primary N) is 1. The van der Waals surface area contributed by atoms with Gasteiger partial charge >= 0.3 is 0 Å². The summed E-state index contributed by atoms with van der Waals surface area (Å²) in [5.41, 5.74) is 4.85. The van der Waals surface area contributed by atoms with Crippen molar-refractivity contribution in [2.75, 3.05) is 13.3 Å². The number of benzene rings is 1. The van der Waals surface area contributed by atoms with Gasteiger partial charge in [0.2, 0.25) is 6.79 Å². The predicted octanol–water partition coefficient (Wildman–Crippen LogP) is 1.38. The van der Waals surface area contributed by atoms with E-state index in [-0.39, 0.29) is 0 Å². The Balaban J connectivity index is 0.000000213. The first-order valence-electron chi connectivity index (χ1n) is 3.93. The molecule has 0 radical (unpaired) electrons. The second kappa shape index (κ2) is 4.62.